The number of aromatic nitrogens is 2. The Bertz CT molecular complexity index is 524. The maximum absolute atomic E-state index is 4.75. The van der Waals surface area contributed by atoms with E-state index in [0.29, 0.717) is 11.5 Å². The molecule has 0 spiro atoms. The van der Waals surface area contributed by atoms with Crippen molar-refractivity contribution in [3.63, 3.8) is 0 Å². The highest BCUT2D eigenvalue weighted by Gasteiger charge is 2.41. The molecule has 1 unspecified atom stereocenters. The number of rotatable bonds is 6. The van der Waals surface area contributed by atoms with Crippen molar-refractivity contribution in [2.24, 2.45) is 11.3 Å². The average molecular weight is 277 g/mol. The number of nitrogens with zero attached hydrogens (tertiary/aromatic N) is 2. The van der Waals surface area contributed by atoms with E-state index in [2.05, 4.69) is 48.3 Å². The zero-order chi connectivity index (χ0) is 13.5. The Morgan fingerprint density at radius 3 is 2.95 bits per heavy atom. The van der Waals surface area contributed by atoms with Gasteiger partial charge in [0.05, 0.1) is 5.69 Å². The Hall–Kier alpha value is -0.870. The summed E-state index contributed by atoms with van der Waals surface area (Å²) in [6.45, 7) is 7.97. The second-order valence-electron chi connectivity index (χ2n) is 6.47. The number of thiazole rings is 1. The van der Waals surface area contributed by atoms with Crippen LogP contribution < -0.4 is 5.32 Å². The van der Waals surface area contributed by atoms with Crippen LogP contribution in [0.15, 0.2) is 17.8 Å². The molecule has 0 saturated heterocycles. The lowest BCUT2D eigenvalue weighted by atomic mass is 9.80. The van der Waals surface area contributed by atoms with E-state index in [-0.39, 0.29) is 0 Å². The molecule has 2 aromatic rings. The van der Waals surface area contributed by atoms with E-state index < -0.39 is 0 Å². The van der Waals surface area contributed by atoms with E-state index in [1.165, 1.54) is 18.5 Å². The monoisotopic (exact) mass is 277 g/mol. The highest BCUT2D eigenvalue weighted by atomic mass is 32.1. The van der Waals surface area contributed by atoms with E-state index in [9.17, 15) is 0 Å². The van der Waals surface area contributed by atoms with Crippen molar-refractivity contribution < 1.29 is 0 Å². The minimum atomic E-state index is 0.355. The summed E-state index contributed by atoms with van der Waals surface area (Å²) >= 11 is 1.71. The van der Waals surface area contributed by atoms with Crippen molar-refractivity contribution in [3.8, 4) is 0 Å². The first-order valence-electron chi connectivity index (χ1n) is 7.21. The smallest absolute Gasteiger partial charge is 0.193 e. The quantitative estimate of drug-likeness (QED) is 0.877. The molecule has 104 valence electrons. The molecule has 0 amide bonds. The molecule has 2 aromatic heterocycles. The first kappa shape index (κ1) is 13.1. The van der Waals surface area contributed by atoms with Crippen LogP contribution in [0.3, 0.4) is 0 Å². The lowest BCUT2D eigenvalue weighted by molar-refractivity contribution is 0.246. The number of nitrogens with one attached hydrogen (secondary N) is 1. The summed E-state index contributed by atoms with van der Waals surface area (Å²) in [5.74, 6) is 0.874. The Morgan fingerprint density at radius 1 is 1.53 bits per heavy atom. The van der Waals surface area contributed by atoms with Crippen LogP contribution in [0.25, 0.3) is 4.96 Å². The second kappa shape index (κ2) is 4.91. The fraction of sp³-hybridized carbons (Fsp3) is 0.667. The fourth-order valence-electron chi connectivity index (χ4n) is 2.84. The van der Waals surface area contributed by atoms with E-state index in [0.717, 1.165) is 23.8 Å². The molecule has 2 heterocycles. The van der Waals surface area contributed by atoms with Gasteiger partial charge in [-0.15, -0.1) is 11.3 Å². The summed E-state index contributed by atoms with van der Waals surface area (Å²) in [5, 5.41) is 5.71. The van der Waals surface area contributed by atoms with Crippen LogP contribution in [0.2, 0.25) is 0 Å². The Labute approximate surface area is 119 Å². The molecular weight excluding hydrogens is 254 g/mol. The summed E-state index contributed by atoms with van der Waals surface area (Å²) in [6, 6.07) is 0.559. The number of imidazole rings is 1. The molecule has 3 rings (SSSR count). The van der Waals surface area contributed by atoms with Crippen LogP contribution >= 0.6 is 11.3 Å². The number of hydrogen-bond acceptors (Lipinski definition) is 3. The van der Waals surface area contributed by atoms with Crippen LogP contribution in [0, 0.1) is 11.3 Å². The number of hydrogen-bond donors (Lipinski definition) is 1. The fourth-order valence-corrected chi connectivity index (χ4v) is 3.56. The summed E-state index contributed by atoms with van der Waals surface area (Å²) in [6.07, 6.45) is 8.15. The van der Waals surface area contributed by atoms with Gasteiger partial charge in [0.25, 0.3) is 0 Å². The lowest BCUT2D eigenvalue weighted by Crippen LogP contribution is -2.38. The molecular formula is C15H23N3S. The molecule has 1 fully saturated rings. The van der Waals surface area contributed by atoms with Crippen LogP contribution in [0.4, 0.5) is 0 Å². The van der Waals surface area contributed by atoms with Gasteiger partial charge in [-0.2, -0.15) is 0 Å². The Balaban J connectivity index is 1.75. The van der Waals surface area contributed by atoms with Crippen LogP contribution in [-0.2, 0) is 6.42 Å². The molecule has 1 N–H and O–H groups in total. The van der Waals surface area contributed by atoms with Gasteiger partial charge in [-0.1, -0.05) is 20.8 Å². The molecule has 0 aromatic carbocycles. The highest BCUT2D eigenvalue weighted by molar-refractivity contribution is 7.15. The molecule has 0 bridgehead atoms. The SMILES string of the molecule is CC(C)NCC(C)(Cc1cn2ccsc2n1)C1CC1. The summed E-state index contributed by atoms with van der Waals surface area (Å²) in [7, 11) is 0. The normalized spacial score (nSPS) is 19.2. The zero-order valence-electron chi connectivity index (χ0n) is 12.0. The molecule has 1 saturated carbocycles. The molecule has 1 aliphatic carbocycles. The van der Waals surface area contributed by atoms with Gasteiger partial charge in [-0.3, -0.25) is 4.40 Å². The predicted octanol–water partition coefficient (Wildman–Crippen LogP) is 3.35. The third kappa shape index (κ3) is 2.84. The minimum Gasteiger partial charge on any atom is -0.314 e. The molecule has 1 atom stereocenters. The van der Waals surface area contributed by atoms with Gasteiger partial charge in [0.15, 0.2) is 4.96 Å². The third-order valence-electron chi connectivity index (χ3n) is 4.21. The molecule has 1 aliphatic rings. The Morgan fingerprint density at radius 2 is 2.32 bits per heavy atom. The van der Waals surface area contributed by atoms with E-state index in [4.69, 9.17) is 4.98 Å². The first-order valence-corrected chi connectivity index (χ1v) is 8.09. The van der Waals surface area contributed by atoms with Gasteiger partial charge in [0.2, 0.25) is 0 Å². The molecule has 3 nitrogen and oxygen atoms in total. The third-order valence-corrected chi connectivity index (χ3v) is 4.98. The van der Waals surface area contributed by atoms with Gasteiger partial charge in [0.1, 0.15) is 0 Å². The van der Waals surface area contributed by atoms with Crippen LogP contribution in [0.1, 0.15) is 39.3 Å². The van der Waals surface area contributed by atoms with Crippen LogP contribution in [0.5, 0.6) is 0 Å². The maximum atomic E-state index is 4.75. The minimum absolute atomic E-state index is 0.355. The summed E-state index contributed by atoms with van der Waals surface area (Å²) < 4.78 is 2.14. The van der Waals surface area contributed by atoms with Crippen molar-refractivity contribution in [2.45, 2.75) is 46.1 Å². The van der Waals surface area contributed by atoms with Gasteiger partial charge < -0.3 is 5.32 Å². The average Bonchev–Trinajstić information content (AvgIpc) is 3.02. The van der Waals surface area contributed by atoms with E-state index in [1.54, 1.807) is 11.3 Å². The van der Waals surface area contributed by atoms with Crippen molar-refractivity contribution in [3.05, 3.63) is 23.5 Å². The first-order chi connectivity index (χ1) is 9.07. The van der Waals surface area contributed by atoms with E-state index >= 15 is 0 Å². The zero-order valence-corrected chi connectivity index (χ0v) is 12.8. The Kier molecular flexibility index (Phi) is 3.39. The number of fused-ring (bicyclic) bond motifs is 1. The molecule has 19 heavy (non-hydrogen) atoms. The van der Waals surface area contributed by atoms with Gasteiger partial charge in [-0.05, 0) is 30.6 Å². The largest absolute Gasteiger partial charge is 0.314 e. The van der Waals surface area contributed by atoms with E-state index in [1.807, 2.05) is 0 Å². The summed E-state index contributed by atoms with van der Waals surface area (Å²) in [5.41, 5.74) is 1.60. The van der Waals surface area contributed by atoms with Gasteiger partial charge >= 0.3 is 0 Å². The molecule has 0 radical (unpaired) electrons. The maximum Gasteiger partial charge on any atom is 0.193 e. The van der Waals surface area contributed by atoms with Crippen molar-refractivity contribution in [1.82, 2.24) is 14.7 Å². The van der Waals surface area contributed by atoms with Gasteiger partial charge in [0, 0.05) is 30.4 Å². The standard InChI is InChI=1S/C15H23N3S/c1-11(2)16-10-15(3,12-4-5-12)8-13-9-18-6-7-19-14(18)17-13/h6-7,9,11-12,16H,4-5,8,10H2,1-3H3. The van der Waals surface area contributed by atoms with Crippen molar-refractivity contribution in [1.29, 1.82) is 0 Å². The van der Waals surface area contributed by atoms with Gasteiger partial charge in [-0.25, -0.2) is 4.98 Å². The van der Waals surface area contributed by atoms with Crippen molar-refractivity contribution >= 4 is 16.3 Å². The molecule has 0 aliphatic heterocycles. The second-order valence-corrected chi connectivity index (χ2v) is 7.34. The highest BCUT2D eigenvalue weighted by Crippen LogP contribution is 2.47. The lowest BCUT2D eigenvalue weighted by Gasteiger charge is -2.30. The molecule has 4 heteroatoms. The van der Waals surface area contributed by atoms with Crippen LogP contribution in [-0.4, -0.2) is 22.0 Å². The summed E-state index contributed by atoms with van der Waals surface area (Å²) in [4.78, 5) is 5.86. The topological polar surface area (TPSA) is 29.3 Å². The predicted molar refractivity (Wildman–Crippen MR) is 80.7 cm³/mol. The van der Waals surface area contributed by atoms with Crippen molar-refractivity contribution in [2.75, 3.05) is 6.54 Å².